The summed E-state index contributed by atoms with van der Waals surface area (Å²) in [6, 6.07) is 10.6. The predicted molar refractivity (Wildman–Crippen MR) is 108 cm³/mol. The van der Waals surface area contributed by atoms with Crippen molar-refractivity contribution in [2.45, 2.75) is 59.5 Å². The van der Waals surface area contributed by atoms with Crippen LogP contribution in [0.3, 0.4) is 0 Å². The maximum absolute atomic E-state index is 12.1. The standard InChI is InChI=1S/C22H31N3O2/c1-21(2,3)12-18-11-19(24-23-18)16-9-7-15(8-10-16)17-13-25(14-17)20(26)27-22(4,5)6/h7-11,17H,12-14H2,1-6H3,(H,23,24). The van der Waals surface area contributed by atoms with E-state index in [1.54, 1.807) is 4.90 Å². The summed E-state index contributed by atoms with van der Waals surface area (Å²) in [6.07, 6.45) is 0.749. The van der Waals surface area contributed by atoms with Gasteiger partial charge in [-0.1, -0.05) is 45.0 Å². The van der Waals surface area contributed by atoms with Gasteiger partial charge in [0, 0.05) is 30.3 Å². The van der Waals surface area contributed by atoms with Crippen LogP contribution in [0.5, 0.6) is 0 Å². The van der Waals surface area contributed by atoms with Crippen LogP contribution in [0.1, 0.15) is 58.7 Å². The molecule has 1 N–H and O–H groups in total. The molecule has 0 spiro atoms. The Bertz CT molecular complexity index is 788. The van der Waals surface area contributed by atoms with Crippen LogP contribution in [0, 0.1) is 5.41 Å². The Hall–Kier alpha value is -2.30. The van der Waals surface area contributed by atoms with Gasteiger partial charge >= 0.3 is 6.09 Å². The van der Waals surface area contributed by atoms with E-state index in [2.05, 4.69) is 61.3 Å². The van der Waals surface area contributed by atoms with Crippen LogP contribution in [-0.2, 0) is 11.2 Å². The SMILES string of the molecule is CC(C)(C)Cc1cc(-c2ccc(C3CN(C(=O)OC(C)(C)C)C3)cc2)n[nH]1. The van der Waals surface area contributed by atoms with Crippen molar-refractivity contribution in [3.8, 4) is 11.3 Å². The second-order valence-electron chi connectivity index (χ2n) is 9.72. The maximum Gasteiger partial charge on any atom is 0.410 e. The third kappa shape index (κ3) is 5.12. The molecule has 2 heterocycles. The fourth-order valence-corrected chi connectivity index (χ4v) is 3.26. The molecule has 0 saturated carbocycles. The van der Waals surface area contributed by atoms with Gasteiger partial charge in [0.1, 0.15) is 5.60 Å². The molecular formula is C22H31N3O2. The molecule has 1 saturated heterocycles. The van der Waals surface area contributed by atoms with E-state index in [0.29, 0.717) is 19.0 Å². The second kappa shape index (κ2) is 7.02. The van der Waals surface area contributed by atoms with Crippen LogP contribution < -0.4 is 0 Å². The molecule has 0 aliphatic carbocycles. The summed E-state index contributed by atoms with van der Waals surface area (Å²) < 4.78 is 5.41. The molecule has 3 rings (SSSR count). The minimum Gasteiger partial charge on any atom is -0.444 e. The lowest BCUT2D eigenvalue weighted by molar-refractivity contribution is 0.00819. The first-order chi connectivity index (χ1) is 12.5. The zero-order valence-corrected chi connectivity index (χ0v) is 17.3. The molecule has 1 aliphatic rings. The Labute approximate surface area is 162 Å². The van der Waals surface area contributed by atoms with E-state index in [-0.39, 0.29) is 11.5 Å². The lowest BCUT2D eigenvalue weighted by atomic mass is 9.90. The summed E-state index contributed by atoms with van der Waals surface area (Å²) in [5, 5.41) is 7.60. The lowest BCUT2D eigenvalue weighted by Gasteiger charge is -2.40. The van der Waals surface area contributed by atoms with E-state index in [4.69, 9.17) is 4.74 Å². The molecule has 2 aromatic rings. The molecular weight excluding hydrogens is 338 g/mol. The highest BCUT2D eigenvalue weighted by Gasteiger charge is 2.34. The first-order valence-electron chi connectivity index (χ1n) is 9.63. The molecule has 1 aromatic carbocycles. The Kier molecular flexibility index (Phi) is 5.06. The number of likely N-dealkylation sites (tertiary alicyclic amines) is 1. The molecule has 1 amide bonds. The minimum absolute atomic E-state index is 0.224. The number of aromatic amines is 1. The molecule has 146 valence electrons. The van der Waals surface area contributed by atoms with Gasteiger partial charge in [0.15, 0.2) is 0 Å². The smallest absolute Gasteiger partial charge is 0.410 e. The summed E-state index contributed by atoms with van der Waals surface area (Å²) in [5.41, 5.74) is 4.29. The van der Waals surface area contributed by atoms with Crippen molar-refractivity contribution in [1.29, 1.82) is 0 Å². The number of rotatable bonds is 3. The molecule has 5 nitrogen and oxygen atoms in total. The number of carbonyl (C=O) groups excluding carboxylic acids is 1. The topological polar surface area (TPSA) is 58.2 Å². The summed E-state index contributed by atoms with van der Waals surface area (Å²) in [4.78, 5) is 13.8. The fourth-order valence-electron chi connectivity index (χ4n) is 3.26. The number of H-pyrrole nitrogens is 1. The third-order valence-electron chi connectivity index (χ3n) is 4.56. The highest BCUT2D eigenvalue weighted by molar-refractivity contribution is 5.69. The predicted octanol–water partition coefficient (Wildman–Crippen LogP) is 5.00. The van der Waals surface area contributed by atoms with Crippen LogP contribution >= 0.6 is 0 Å². The minimum atomic E-state index is -0.445. The van der Waals surface area contributed by atoms with Gasteiger partial charge in [0.05, 0.1) is 5.69 Å². The van der Waals surface area contributed by atoms with Crippen molar-refractivity contribution >= 4 is 6.09 Å². The molecule has 0 bridgehead atoms. The zero-order valence-electron chi connectivity index (χ0n) is 17.3. The lowest BCUT2D eigenvalue weighted by Crippen LogP contribution is -2.50. The van der Waals surface area contributed by atoms with E-state index in [1.807, 2.05) is 20.8 Å². The maximum atomic E-state index is 12.1. The zero-order chi connectivity index (χ0) is 19.8. The molecule has 0 radical (unpaired) electrons. The van der Waals surface area contributed by atoms with Gasteiger partial charge in [0.2, 0.25) is 0 Å². The summed E-state index contributed by atoms with van der Waals surface area (Å²) in [5.74, 6) is 0.377. The quantitative estimate of drug-likeness (QED) is 0.828. The number of aromatic nitrogens is 2. The normalized spacial score (nSPS) is 15.6. The average molecular weight is 370 g/mol. The highest BCUT2D eigenvalue weighted by Crippen LogP contribution is 2.30. The number of carbonyl (C=O) groups is 1. The second-order valence-corrected chi connectivity index (χ2v) is 9.72. The summed E-state index contributed by atoms with van der Waals surface area (Å²) in [6.45, 7) is 13.8. The monoisotopic (exact) mass is 369 g/mol. The Morgan fingerprint density at radius 2 is 1.78 bits per heavy atom. The van der Waals surface area contributed by atoms with Crippen molar-refractivity contribution < 1.29 is 9.53 Å². The highest BCUT2D eigenvalue weighted by atomic mass is 16.6. The van der Waals surface area contributed by atoms with Crippen LogP contribution in [0.4, 0.5) is 4.79 Å². The Morgan fingerprint density at radius 1 is 1.15 bits per heavy atom. The van der Waals surface area contributed by atoms with E-state index >= 15 is 0 Å². The van der Waals surface area contributed by atoms with E-state index in [0.717, 1.165) is 23.4 Å². The first-order valence-corrected chi connectivity index (χ1v) is 9.63. The number of nitrogens with one attached hydrogen (secondary N) is 1. The van der Waals surface area contributed by atoms with E-state index in [1.165, 1.54) is 5.56 Å². The van der Waals surface area contributed by atoms with Crippen molar-refractivity contribution in [2.24, 2.45) is 5.41 Å². The number of nitrogens with zero attached hydrogens (tertiary/aromatic N) is 2. The molecule has 1 fully saturated rings. The number of ether oxygens (including phenoxy) is 1. The van der Waals surface area contributed by atoms with Crippen LogP contribution in [0.15, 0.2) is 30.3 Å². The molecule has 1 aliphatic heterocycles. The Morgan fingerprint density at radius 3 is 2.33 bits per heavy atom. The van der Waals surface area contributed by atoms with Crippen molar-refractivity contribution in [3.63, 3.8) is 0 Å². The van der Waals surface area contributed by atoms with Crippen molar-refractivity contribution in [1.82, 2.24) is 15.1 Å². The third-order valence-corrected chi connectivity index (χ3v) is 4.56. The molecule has 27 heavy (non-hydrogen) atoms. The summed E-state index contributed by atoms with van der Waals surface area (Å²) in [7, 11) is 0. The van der Waals surface area contributed by atoms with Crippen LogP contribution in [0.2, 0.25) is 0 Å². The number of hydrogen-bond donors (Lipinski definition) is 1. The van der Waals surface area contributed by atoms with Gasteiger partial charge in [-0.3, -0.25) is 5.10 Å². The van der Waals surface area contributed by atoms with Crippen LogP contribution in [0.25, 0.3) is 11.3 Å². The van der Waals surface area contributed by atoms with Crippen LogP contribution in [-0.4, -0.2) is 39.9 Å². The molecule has 0 atom stereocenters. The van der Waals surface area contributed by atoms with Gasteiger partial charge in [-0.05, 0) is 44.2 Å². The van der Waals surface area contributed by atoms with Gasteiger partial charge in [-0.25, -0.2) is 4.79 Å². The van der Waals surface area contributed by atoms with Gasteiger partial charge < -0.3 is 9.64 Å². The summed E-state index contributed by atoms with van der Waals surface area (Å²) >= 11 is 0. The number of benzene rings is 1. The van der Waals surface area contributed by atoms with Gasteiger partial charge in [0.25, 0.3) is 0 Å². The van der Waals surface area contributed by atoms with Crippen molar-refractivity contribution in [2.75, 3.05) is 13.1 Å². The number of amides is 1. The first kappa shape index (κ1) is 19.5. The van der Waals surface area contributed by atoms with Gasteiger partial charge in [-0.15, -0.1) is 0 Å². The fraction of sp³-hybridized carbons (Fsp3) is 0.545. The Balaban J connectivity index is 1.58. The van der Waals surface area contributed by atoms with Crippen molar-refractivity contribution in [3.05, 3.63) is 41.6 Å². The molecule has 5 heteroatoms. The number of hydrogen-bond acceptors (Lipinski definition) is 3. The van der Waals surface area contributed by atoms with E-state index in [9.17, 15) is 4.79 Å². The molecule has 1 aromatic heterocycles. The average Bonchev–Trinajstić information content (AvgIpc) is 2.90. The largest absolute Gasteiger partial charge is 0.444 e. The van der Waals surface area contributed by atoms with E-state index < -0.39 is 5.60 Å². The van der Waals surface area contributed by atoms with Gasteiger partial charge in [-0.2, -0.15) is 5.10 Å². The molecule has 0 unspecified atom stereocenters.